The summed E-state index contributed by atoms with van der Waals surface area (Å²) in [6.45, 7) is 14.1. The molecule has 0 bridgehead atoms. The van der Waals surface area contributed by atoms with Gasteiger partial charge in [0.05, 0.1) is 37.0 Å². The quantitative estimate of drug-likeness (QED) is 0.0556. The summed E-state index contributed by atoms with van der Waals surface area (Å²) < 4.78 is 17.1. The Hall–Kier alpha value is -4.48. The van der Waals surface area contributed by atoms with E-state index in [1.165, 1.54) is 9.91 Å². The van der Waals surface area contributed by atoms with Gasteiger partial charge in [-0.1, -0.05) is 23.7 Å². The molecule has 3 aromatic rings. The number of nitrogens with two attached hydrogens (primary N) is 1. The van der Waals surface area contributed by atoms with Gasteiger partial charge in [-0.25, -0.2) is 15.6 Å². The van der Waals surface area contributed by atoms with Crippen LogP contribution >= 0.6 is 11.6 Å². The predicted molar refractivity (Wildman–Crippen MR) is 192 cm³/mol. The van der Waals surface area contributed by atoms with E-state index in [-0.39, 0.29) is 44.4 Å². The minimum Gasteiger partial charge on any atom is -0.491 e. The van der Waals surface area contributed by atoms with E-state index < -0.39 is 17.9 Å². The number of aryl methyl sites for hydroxylation is 2. The molecule has 0 saturated carbocycles. The number of benzene rings is 3. The molecule has 0 aliphatic rings. The number of carbonyl (C=O) groups excluding carboxylic acids is 2. The number of aliphatic imine (C=N–C) groups is 1. The molecule has 0 aliphatic heterocycles. The van der Waals surface area contributed by atoms with Crippen LogP contribution in [0.25, 0.3) is 0 Å². The number of anilines is 1. The first-order valence-electron chi connectivity index (χ1n) is 16.1. The van der Waals surface area contributed by atoms with Crippen LogP contribution in [0, 0.1) is 19.8 Å². The number of hydrazine groups is 1. The lowest BCUT2D eigenvalue weighted by atomic mass is 10.1. The summed E-state index contributed by atoms with van der Waals surface area (Å²) in [5.74, 6) is 6.88. The summed E-state index contributed by atoms with van der Waals surface area (Å²) in [5.41, 5.74) is 4.04. The number of nitrogens with one attached hydrogen (secondary N) is 2. The maximum absolute atomic E-state index is 13.9. The average molecular weight is 681 g/mol. The van der Waals surface area contributed by atoms with Gasteiger partial charge in [-0.3, -0.25) is 14.7 Å². The van der Waals surface area contributed by atoms with Gasteiger partial charge in [0.25, 0.3) is 0 Å². The van der Waals surface area contributed by atoms with Gasteiger partial charge >= 0.3 is 12.0 Å². The Bertz CT molecular complexity index is 1540. The lowest BCUT2D eigenvalue weighted by Crippen LogP contribution is -2.52. The third-order valence-electron chi connectivity index (χ3n) is 7.02. The molecule has 12 heteroatoms. The minimum atomic E-state index is -0.690. The number of hydrogen-bond acceptors (Lipinski definition) is 8. The highest BCUT2D eigenvalue weighted by molar-refractivity contribution is 6.30. The van der Waals surface area contributed by atoms with Crippen LogP contribution in [0.2, 0.25) is 5.02 Å². The highest BCUT2D eigenvalue weighted by atomic mass is 35.5. The molecule has 0 saturated heterocycles. The molecule has 11 nitrogen and oxygen atoms in total. The van der Waals surface area contributed by atoms with Crippen LogP contribution in [-0.4, -0.2) is 66.8 Å². The molecular formula is C36H49ClN6O5. The van der Waals surface area contributed by atoms with Crippen LogP contribution in [-0.2, 0) is 16.1 Å². The third-order valence-corrected chi connectivity index (χ3v) is 7.27. The van der Waals surface area contributed by atoms with Crippen LogP contribution in [0.5, 0.6) is 11.5 Å². The summed E-state index contributed by atoms with van der Waals surface area (Å²) in [4.78, 5) is 33.1. The Morgan fingerprint density at radius 1 is 0.896 bits per heavy atom. The average Bonchev–Trinajstić information content (AvgIpc) is 3.01. The van der Waals surface area contributed by atoms with Gasteiger partial charge in [0, 0.05) is 30.8 Å². The molecular weight excluding hydrogens is 632 g/mol. The van der Waals surface area contributed by atoms with Gasteiger partial charge in [-0.2, -0.15) is 0 Å². The van der Waals surface area contributed by atoms with Crippen molar-refractivity contribution < 1.29 is 23.8 Å². The lowest BCUT2D eigenvalue weighted by Gasteiger charge is -2.29. The first-order chi connectivity index (χ1) is 22.8. The van der Waals surface area contributed by atoms with Crippen molar-refractivity contribution in [2.24, 2.45) is 16.8 Å². The molecule has 1 unspecified atom stereocenters. The van der Waals surface area contributed by atoms with Gasteiger partial charge < -0.3 is 24.8 Å². The molecule has 2 amide bonds. The second-order valence-corrected chi connectivity index (χ2v) is 12.5. The maximum atomic E-state index is 13.9. The van der Waals surface area contributed by atoms with Crippen LogP contribution in [0.15, 0.2) is 65.7 Å². The Morgan fingerprint density at radius 2 is 1.50 bits per heavy atom. The number of guanidine groups is 1. The van der Waals surface area contributed by atoms with Crippen LogP contribution in [0.4, 0.5) is 16.2 Å². The van der Waals surface area contributed by atoms with Crippen molar-refractivity contribution in [3.05, 3.63) is 82.4 Å². The Balaban J connectivity index is 1.87. The summed E-state index contributed by atoms with van der Waals surface area (Å²) in [6.07, 6.45) is 0.0714. The maximum Gasteiger partial charge on any atom is 0.324 e. The summed E-state index contributed by atoms with van der Waals surface area (Å²) >= 11 is 6.13. The first kappa shape index (κ1) is 38.0. The van der Waals surface area contributed by atoms with Crippen molar-refractivity contribution in [3.63, 3.8) is 0 Å². The molecule has 260 valence electrons. The molecule has 0 heterocycles. The second kappa shape index (κ2) is 18.2. The van der Waals surface area contributed by atoms with Crippen molar-refractivity contribution in [1.29, 1.82) is 0 Å². The monoisotopic (exact) mass is 680 g/mol. The largest absolute Gasteiger partial charge is 0.491 e. The normalized spacial score (nSPS) is 12.0. The fourth-order valence-corrected chi connectivity index (χ4v) is 4.86. The third kappa shape index (κ3) is 11.6. The zero-order valence-electron chi connectivity index (χ0n) is 29.2. The first-order valence-corrected chi connectivity index (χ1v) is 16.5. The van der Waals surface area contributed by atoms with Gasteiger partial charge in [-0.15, -0.1) is 0 Å². The molecule has 48 heavy (non-hydrogen) atoms. The van der Waals surface area contributed by atoms with Gasteiger partial charge in [0.2, 0.25) is 5.96 Å². The predicted octanol–water partition coefficient (Wildman–Crippen LogP) is 6.83. The summed E-state index contributed by atoms with van der Waals surface area (Å²) in [7, 11) is 1.61. The highest BCUT2D eigenvalue weighted by Crippen LogP contribution is 2.26. The summed E-state index contributed by atoms with van der Waals surface area (Å²) in [5, 5.41) is 8.07. The minimum absolute atomic E-state index is 0.00276. The number of carbonyl (C=O) groups is 2. The Kier molecular flexibility index (Phi) is 14.4. The van der Waals surface area contributed by atoms with Crippen LogP contribution in [0.3, 0.4) is 0 Å². The van der Waals surface area contributed by atoms with Crippen molar-refractivity contribution in [2.45, 2.75) is 67.2 Å². The SMILES string of the molecule is CCOC(=O)C(CNC(=O)N(Cc1ccc(Cl)cc1)C(=Nc1ccc(OC(C)C)c(C)c1)N(C)N)CNc1ccc(OC(C)C)c(C)c1. The zero-order chi connectivity index (χ0) is 35.4. The number of amides is 2. The number of urea groups is 1. The number of hydrogen-bond donors (Lipinski definition) is 3. The molecule has 3 rings (SSSR count). The standard InChI is InChI=1S/C36H49ClN6O5/c1-9-46-34(44)28(20-39-30-14-16-32(25(6)18-30)47-23(2)3)21-40-36(45)43(22-27-10-12-29(37)13-11-27)35(42(8)38)41-31-15-17-33(26(7)19-31)48-24(4)5/h10-19,23-24,28,39H,9,20-22,38H2,1-8H3,(H,40,45). The van der Waals surface area contributed by atoms with Crippen molar-refractivity contribution in [1.82, 2.24) is 15.2 Å². The molecule has 0 aromatic heterocycles. The Labute approximate surface area is 289 Å². The molecule has 1 atom stereocenters. The molecule has 3 aromatic carbocycles. The van der Waals surface area contributed by atoms with Crippen molar-refractivity contribution >= 4 is 40.9 Å². The smallest absolute Gasteiger partial charge is 0.324 e. The molecule has 0 spiro atoms. The molecule has 0 radical (unpaired) electrons. The van der Waals surface area contributed by atoms with Gasteiger partial charge in [0.15, 0.2) is 0 Å². The van der Waals surface area contributed by atoms with Crippen LogP contribution in [0.1, 0.15) is 51.3 Å². The highest BCUT2D eigenvalue weighted by Gasteiger charge is 2.26. The number of ether oxygens (including phenoxy) is 3. The van der Waals surface area contributed by atoms with E-state index in [0.717, 1.165) is 33.9 Å². The fraction of sp³-hybridized carbons (Fsp3) is 0.417. The van der Waals surface area contributed by atoms with E-state index in [4.69, 9.17) is 36.6 Å². The molecule has 0 fully saturated rings. The van der Waals surface area contributed by atoms with Crippen molar-refractivity contribution in [2.75, 3.05) is 32.1 Å². The van der Waals surface area contributed by atoms with Crippen LogP contribution < -0.4 is 25.9 Å². The van der Waals surface area contributed by atoms with Gasteiger partial charge in [-0.05, 0) is 114 Å². The molecule has 4 N–H and O–H groups in total. The van der Waals surface area contributed by atoms with E-state index in [0.29, 0.717) is 10.7 Å². The number of halogens is 1. The van der Waals surface area contributed by atoms with E-state index in [2.05, 4.69) is 10.6 Å². The van der Waals surface area contributed by atoms with E-state index >= 15 is 0 Å². The van der Waals surface area contributed by atoms with E-state index in [9.17, 15) is 9.59 Å². The van der Waals surface area contributed by atoms with Gasteiger partial charge in [0.1, 0.15) is 11.5 Å². The number of rotatable bonds is 14. The number of nitrogens with zero attached hydrogens (tertiary/aromatic N) is 3. The molecule has 0 aliphatic carbocycles. The fourth-order valence-electron chi connectivity index (χ4n) is 4.73. The summed E-state index contributed by atoms with van der Waals surface area (Å²) in [6, 6.07) is 17.9. The topological polar surface area (TPSA) is 131 Å². The zero-order valence-corrected chi connectivity index (χ0v) is 29.9. The Morgan fingerprint density at radius 3 is 2.04 bits per heavy atom. The number of esters is 1. The van der Waals surface area contributed by atoms with Crippen molar-refractivity contribution in [3.8, 4) is 11.5 Å². The lowest BCUT2D eigenvalue weighted by molar-refractivity contribution is -0.147. The second-order valence-electron chi connectivity index (χ2n) is 12.0. The van der Waals surface area contributed by atoms with E-state index in [1.807, 2.05) is 84.0 Å². The van der Waals surface area contributed by atoms with E-state index in [1.54, 1.807) is 32.2 Å².